The highest BCUT2D eigenvalue weighted by molar-refractivity contribution is 5.86. The van der Waals surface area contributed by atoms with Crippen molar-refractivity contribution in [2.45, 2.75) is 32.2 Å². The van der Waals surface area contributed by atoms with E-state index in [0.717, 1.165) is 73.1 Å². The topological polar surface area (TPSA) is 62.2 Å². The average Bonchev–Trinajstić information content (AvgIpc) is 2.87. The minimum Gasteiger partial charge on any atom is -0.355 e. The zero-order valence-corrected chi connectivity index (χ0v) is 18.7. The molecular formula is C27H27N5O. The maximum Gasteiger partial charge on any atom is 0.229 e. The van der Waals surface area contributed by atoms with Gasteiger partial charge in [-0.3, -0.25) is 14.8 Å². The van der Waals surface area contributed by atoms with Crippen LogP contribution in [0.1, 0.15) is 31.2 Å². The molecule has 2 aliphatic heterocycles. The highest BCUT2D eigenvalue weighted by atomic mass is 16.2. The molecule has 0 radical (unpaired) electrons. The Morgan fingerprint density at radius 2 is 1.58 bits per heavy atom. The van der Waals surface area contributed by atoms with Gasteiger partial charge in [-0.1, -0.05) is 30.3 Å². The fourth-order valence-corrected chi connectivity index (χ4v) is 5.53. The molecule has 0 N–H and O–H groups in total. The van der Waals surface area contributed by atoms with Gasteiger partial charge in [-0.15, -0.1) is 0 Å². The lowest BCUT2D eigenvalue weighted by Gasteiger charge is -2.46. The molecule has 0 saturated carbocycles. The van der Waals surface area contributed by atoms with E-state index in [1.165, 1.54) is 5.56 Å². The molecule has 2 aromatic carbocycles. The summed E-state index contributed by atoms with van der Waals surface area (Å²) in [6, 6.07) is 18.2. The first kappa shape index (κ1) is 20.1. The van der Waals surface area contributed by atoms with Crippen LogP contribution < -0.4 is 4.90 Å². The lowest BCUT2D eigenvalue weighted by molar-refractivity contribution is -0.148. The molecule has 2 aromatic heterocycles. The molecule has 6 nitrogen and oxygen atoms in total. The molecule has 1 spiro atoms. The first-order valence-corrected chi connectivity index (χ1v) is 11.8. The van der Waals surface area contributed by atoms with Crippen molar-refractivity contribution in [3.63, 3.8) is 0 Å². The number of piperidine rings is 2. The predicted molar refractivity (Wildman–Crippen MR) is 130 cm³/mol. The quantitative estimate of drug-likeness (QED) is 0.469. The second-order valence-corrected chi connectivity index (χ2v) is 9.30. The van der Waals surface area contributed by atoms with Gasteiger partial charge in [0.15, 0.2) is 0 Å². The van der Waals surface area contributed by atoms with Gasteiger partial charge in [0, 0.05) is 37.8 Å². The molecule has 2 saturated heterocycles. The molecule has 4 aromatic rings. The summed E-state index contributed by atoms with van der Waals surface area (Å²) in [6.07, 6.45) is 7.50. The van der Waals surface area contributed by atoms with Crippen molar-refractivity contribution in [3.05, 3.63) is 72.6 Å². The minimum atomic E-state index is -0.248. The van der Waals surface area contributed by atoms with Crippen molar-refractivity contribution in [1.29, 1.82) is 0 Å². The van der Waals surface area contributed by atoms with Crippen molar-refractivity contribution in [1.82, 2.24) is 19.9 Å². The van der Waals surface area contributed by atoms with E-state index < -0.39 is 0 Å². The van der Waals surface area contributed by atoms with E-state index in [1.54, 1.807) is 0 Å². The van der Waals surface area contributed by atoms with E-state index >= 15 is 0 Å². The van der Waals surface area contributed by atoms with E-state index in [2.05, 4.69) is 31.9 Å². The van der Waals surface area contributed by atoms with Crippen LogP contribution in [0.15, 0.2) is 67.0 Å². The standard InChI is InChI=1S/C27H27N5O/c33-26-27(11-5-15-32(26)19-20-10-14-28-22-7-2-1-6-21(20)22)12-16-31(17-13-27)25-18-29-23-8-3-4-9-24(23)30-25/h1-4,6-10,14,18H,5,11-13,15-17,19H2. The largest absolute Gasteiger partial charge is 0.355 e. The number of carbonyl (C=O) groups is 1. The number of nitrogens with zero attached hydrogens (tertiary/aromatic N) is 5. The normalized spacial score (nSPS) is 18.4. The van der Waals surface area contributed by atoms with Crippen molar-refractivity contribution in [3.8, 4) is 0 Å². The molecule has 0 unspecified atom stereocenters. The number of amides is 1. The Hall–Kier alpha value is -3.54. The van der Waals surface area contributed by atoms with Crippen LogP contribution >= 0.6 is 0 Å². The highest BCUT2D eigenvalue weighted by Crippen LogP contribution is 2.42. The van der Waals surface area contributed by atoms with Crippen molar-refractivity contribution in [2.24, 2.45) is 5.41 Å². The van der Waals surface area contributed by atoms with E-state index in [-0.39, 0.29) is 5.41 Å². The van der Waals surface area contributed by atoms with Crippen LogP contribution in [0.5, 0.6) is 0 Å². The molecule has 2 fully saturated rings. The second-order valence-electron chi connectivity index (χ2n) is 9.30. The van der Waals surface area contributed by atoms with Gasteiger partial charge in [0.2, 0.25) is 5.91 Å². The number of aromatic nitrogens is 3. The zero-order valence-electron chi connectivity index (χ0n) is 18.7. The van der Waals surface area contributed by atoms with Crippen molar-refractivity contribution in [2.75, 3.05) is 24.5 Å². The molecule has 6 heteroatoms. The zero-order chi connectivity index (χ0) is 22.3. The fourth-order valence-electron chi connectivity index (χ4n) is 5.53. The summed E-state index contributed by atoms with van der Waals surface area (Å²) in [4.78, 5) is 32.0. The molecule has 33 heavy (non-hydrogen) atoms. The number of anilines is 1. The molecule has 166 valence electrons. The Labute approximate surface area is 193 Å². The van der Waals surface area contributed by atoms with Crippen LogP contribution in [-0.4, -0.2) is 45.4 Å². The summed E-state index contributed by atoms with van der Waals surface area (Å²) in [5, 5.41) is 1.14. The number of fused-ring (bicyclic) bond motifs is 2. The van der Waals surface area contributed by atoms with Gasteiger partial charge in [-0.05, 0) is 55.5 Å². The monoisotopic (exact) mass is 437 g/mol. The van der Waals surface area contributed by atoms with Crippen LogP contribution in [0.3, 0.4) is 0 Å². The Morgan fingerprint density at radius 3 is 2.42 bits per heavy atom. The summed E-state index contributed by atoms with van der Waals surface area (Å²) in [5.74, 6) is 1.23. The Bertz CT molecular complexity index is 1320. The SMILES string of the molecule is O=C1N(Cc2ccnc3ccccc23)CCCC12CCN(c1cnc3ccccc3n1)CC2. The number of benzene rings is 2. The van der Waals surface area contributed by atoms with E-state index in [0.29, 0.717) is 12.5 Å². The highest BCUT2D eigenvalue weighted by Gasteiger charge is 2.45. The third kappa shape index (κ3) is 3.59. The number of pyridine rings is 1. The van der Waals surface area contributed by atoms with Crippen molar-refractivity contribution < 1.29 is 4.79 Å². The Kier molecular flexibility index (Phi) is 4.93. The molecule has 1 amide bonds. The van der Waals surface area contributed by atoms with Gasteiger partial charge >= 0.3 is 0 Å². The van der Waals surface area contributed by atoms with Gasteiger partial charge in [0.1, 0.15) is 5.82 Å². The Morgan fingerprint density at radius 1 is 0.818 bits per heavy atom. The number of para-hydroxylation sites is 3. The first-order chi connectivity index (χ1) is 16.2. The first-order valence-electron chi connectivity index (χ1n) is 11.8. The third-order valence-corrected chi connectivity index (χ3v) is 7.41. The maximum atomic E-state index is 13.7. The van der Waals surface area contributed by atoms with Gasteiger partial charge in [-0.2, -0.15) is 0 Å². The molecule has 6 rings (SSSR count). The van der Waals surface area contributed by atoms with Gasteiger partial charge in [0.05, 0.1) is 28.2 Å². The Balaban J connectivity index is 1.19. The summed E-state index contributed by atoms with van der Waals surface area (Å²) >= 11 is 0. The average molecular weight is 438 g/mol. The summed E-state index contributed by atoms with van der Waals surface area (Å²) < 4.78 is 0. The lowest BCUT2D eigenvalue weighted by atomic mass is 9.71. The number of hydrogen-bond donors (Lipinski definition) is 0. The van der Waals surface area contributed by atoms with Crippen molar-refractivity contribution >= 4 is 33.7 Å². The third-order valence-electron chi connectivity index (χ3n) is 7.41. The van der Waals surface area contributed by atoms with Gasteiger partial charge < -0.3 is 9.80 Å². The van der Waals surface area contributed by atoms with Crippen LogP contribution in [-0.2, 0) is 11.3 Å². The van der Waals surface area contributed by atoms with Crippen LogP contribution in [0.4, 0.5) is 5.82 Å². The van der Waals surface area contributed by atoms with Gasteiger partial charge in [0.25, 0.3) is 0 Å². The van der Waals surface area contributed by atoms with E-state index in [9.17, 15) is 4.79 Å². The second kappa shape index (κ2) is 8.10. The number of rotatable bonds is 3. The van der Waals surface area contributed by atoms with E-state index in [4.69, 9.17) is 4.98 Å². The van der Waals surface area contributed by atoms with Crippen LogP contribution in [0, 0.1) is 5.41 Å². The van der Waals surface area contributed by atoms with E-state index in [1.807, 2.05) is 54.9 Å². The lowest BCUT2D eigenvalue weighted by Crippen LogP contribution is -2.53. The molecule has 0 aliphatic carbocycles. The minimum absolute atomic E-state index is 0.248. The summed E-state index contributed by atoms with van der Waals surface area (Å²) in [6.45, 7) is 3.16. The number of carbonyl (C=O) groups excluding carboxylic acids is 1. The maximum absolute atomic E-state index is 13.7. The molecular weight excluding hydrogens is 410 g/mol. The van der Waals surface area contributed by atoms with Crippen LogP contribution in [0.25, 0.3) is 21.9 Å². The number of hydrogen-bond acceptors (Lipinski definition) is 5. The fraction of sp³-hybridized carbons (Fsp3) is 0.333. The van der Waals surface area contributed by atoms with Crippen LogP contribution in [0.2, 0.25) is 0 Å². The smallest absolute Gasteiger partial charge is 0.229 e. The molecule has 0 bridgehead atoms. The molecule has 0 atom stereocenters. The number of likely N-dealkylation sites (tertiary alicyclic amines) is 1. The van der Waals surface area contributed by atoms with Gasteiger partial charge in [-0.25, -0.2) is 4.98 Å². The predicted octanol–water partition coefficient (Wildman–Crippen LogP) is 4.59. The molecule has 4 heterocycles. The molecule has 2 aliphatic rings. The summed E-state index contributed by atoms with van der Waals surface area (Å²) in [7, 11) is 0. The summed E-state index contributed by atoms with van der Waals surface area (Å²) in [5.41, 5.74) is 3.74.